The molecule has 0 spiro atoms. The number of nitrogens with zero attached hydrogens (tertiary/aromatic N) is 2. The summed E-state index contributed by atoms with van der Waals surface area (Å²) in [4.78, 5) is 29.9. The van der Waals surface area contributed by atoms with E-state index in [2.05, 4.69) is 10.2 Å². The van der Waals surface area contributed by atoms with E-state index < -0.39 is 5.82 Å². The number of amides is 2. The van der Waals surface area contributed by atoms with Crippen molar-refractivity contribution in [2.24, 2.45) is 5.92 Å². The van der Waals surface area contributed by atoms with E-state index in [1.807, 2.05) is 12.1 Å². The summed E-state index contributed by atoms with van der Waals surface area (Å²) in [5, 5.41) is 3.68. The third-order valence-corrected chi connectivity index (χ3v) is 6.55. The van der Waals surface area contributed by atoms with Crippen LogP contribution in [0.1, 0.15) is 36.0 Å². The van der Waals surface area contributed by atoms with Gasteiger partial charge in [-0.2, -0.15) is 0 Å². The van der Waals surface area contributed by atoms with E-state index in [9.17, 15) is 14.0 Å². The molecular weight excluding hydrogens is 417 g/mol. The molecule has 7 heteroatoms. The quantitative estimate of drug-likeness (QED) is 0.743. The van der Waals surface area contributed by atoms with Gasteiger partial charge in [-0.3, -0.25) is 14.5 Å². The standard InChI is InChI=1S/C24H27ClFN3O2/c25-19-8-10-21(11-9-19)27-23(30)22(17-4-1-2-5-17)28-12-14-29(15-13-28)24(31)18-6-3-7-20(26)16-18/h3,6-11,16-17,22H,1-2,4-5,12-15H2,(H,27,30)/t22-/m1/s1. The molecule has 1 saturated heterocycles. The molecule has 0 aromatic heterocycles. The molecule has 31 heavy (non-hydrogen) atoms. The average Bonchev–Trinajstić information content (AvgIpc) is 3.30. The number of benzene rings is 2. The van der Waals surface area contributed by atoms with Crippen LogP contribution in [-0.2, 0) is 4.79 Å². The fraction of sp³-hybridized carbons (Fsp3) is 0.417. The number of rotatable bonds is 5. The summed E-state index contributed by atoms with van der Waals surface area (Å²) in [6, 6.07) is 12.7. The van der Waals surface area contributed by atoms with Crippen molar-refractivity contribution >= 4 is 29.1 Å². The van der Waals surface area contributed by atoms with Crippen LogP contribution in [0.25, 0.3) is 0 Å². The lowest BCUT2D eigenvalue weighted by Gasteiger charge is -2.40. The smallest absolute Gasteiger partial charge is 0.254 e. The first kappa shape index (κ1) is 21.8. The van der Waals surface area contributed by atoms with Gasteiger partial charge in [0.05, 0.1) is 6.04 Å². The SMILES string of the molecule is O=C(Nc1ccc(Cl)cc1)[C@@H](C1CCCC1)N1CCN(C(=O)c2cccc(F)c2)CC1. The first-order valence-electron chi connectivity index (χ1n) is 10.9. The second-order valence-corrected chi connectivity index (χ2v) is 8.76. The number of hydrogen-bond acceptors (Lipinski definition) is 3. The molecule has 4 rings (SSSR count). The first-order chi connectivity index (χ1) is 15.0. The monoisotopic (exact) mass is 443 g/mol. The Bertz CT molecular complexity index is 923. The summed E-state index contributed by atoms with van der Waals surface area (Å²) >= 11 is 5.95. The first-order valence-corrected chi connectivity index (χ1v) is 11.2. The van der Waals surface area contributed by atoms with Crippen molar-refractivity contribution in [3.63, 3.8) is 0 Å². The molecule has 1 N–H and O–H groups in total. The second-order valence-electron chi connectivity index (χ2n) is 8.32. The van der Waals surface area contributed by atoms with Crippen molar-refractivity contribution in [2.75, 3.05) is 31.5 Å². The zero-order valence-electron chi connectivity index (χ0n) is 17.4. The minimum Gasteiger partial charge on any atom is -0.336 e. The zero-order chi connectivity index (χ0) is 21.8. The predicted molar refractivity (Wildman–Crippen MR) is 120 cm³/mol. The van der Waals surface area contributed by atoms with E-state index in [0.29, 0.717) is 42.7 Å². The number of anilines is 1. The minimum atomic E-state index is -0.412. The number of carbonyl (C=O) groups is 2. The van der Waals surface area contributed by atoms with Gasteiger partial charge in [0, 0.05) is 42.5 Å². The molecule has 164 valence electrons. The van der Waals surface area contributed by atoms with Crippen molar-refractivity contribution in [1.82, 2.24) is 9.80 Å². The molecule has 1 aliphatic carbocycles. The van der Waals surface area contributed by atoms with E-state index >= 15 is 0 Å². The zero-order valence-corrected chi connectivity index (χ0v) is 18.2. The van der Waals surface area contributed by atoms with Crippen LogP contribution < -0.4 is 5.32 Å². The van der Waals surface area contributed by atoms with E-state index in [0.717, 1.165) is 31.4 Å². The Morgan fingerprint density at radius 1 is 1.00 bits per heavy atom. The van der Waals surface area contributed by atoms with Gasteiger partial charge >= 0.3 is 0 Å². The van der Waals surface area contributed by atoms with Gasteiger partial charge < -0.3 is 10.2 Å². The number of halogens is 2. The summed E-state index contributed by atoms with van der Waals surface area (Å²) in [6.07, 6.45) is 4.38. The van der Waals surface area contributed by atoms with Crippen molar-refractivity contribution in [1.29, 1.82) is 0 Å². The second kappa shape index (κ2) is 9.79. The van der Waals surface area contributed by atoms with E-state index in [-0.39, 0.29) is 17.9 Å². The lowest BCUT2D eigenvalue weighted by molar-refractivity contribution is -0.123. The van der Waals surface area contributed by atoms with Crippen LogP contribution in [-0.4, -0.2) is 53.8 Å². The van der Waals surface area contributed by atoms with Gasteiger partial charge in [-0.1, -0.05) is 30.5 Å². The molecule has 1 saturated carbocycles. The molecule has 1 heterocycles. The minimum absolute atomic E-state index is 0.000806. The molecule has 2 aliphatic rings. The Morgan fingerprint density at radius 2 is 1.68 bits per heavy atom. The van der Waals surface area contributed by atoms with Crippen LogP contribution >= 0.6 is 11.6 Å². The fourth-order valence-electron chi connectivity index (χ4n) is 4.71. The third kappa shape index (κ3) is 5.25. The Labute approximate surface area is 187 Å². The van der Waals surface area contributed by atoms with Crippen LogP contribution in [0.4, 0.5) is 10.1 Å². The third-order valence-electron chi connectivity index (χ3n) is 6.29. The molecule has 1 atom stereocenters. The molecule has 2 aromatic carbocycles. The Balaban J connectivity index is 1.43. The molecule has 2 fully saturated rings. The molecule has 1 aliphatic heterocycles. The highest BCUT2D eigenvalue weighted by molar-refractivity contribution is 6.30. The van der Waals surface area contributed by atoms with Crippen LogP contribution in [0, 0.1) is 11.7 Å². The van der Waals surface area contributed by atoms with Crippen molar-refractivity contribution < 1.29 is 14.0 Å². The number of carbonyl (C=O) groups excluding carboxylic acids is 2. The predicted octanol–water partition coefficient (Wildman–Crippen LogP) is 4.43. The van der Waals surface area contributed by atoms with Gasteiger partial charge in [0.1, 0.15) is 5.82 Å². The number of piperazine rings is 1. The summed E-state index contributed by atoms with van der Waals surface area (Å²) in [6.45, 7) is 2.28. The average molecular weight is 444 g/mol. The summed E-state index contributed by atoms with van der Waals surface area (Å²) in [5.41, 5.74) is 1.10. The molecule has 0 bridgehead atoms. The Hall–Kier alpha value is -2.44. The number of nitrogens with one attached hydrogen (secondary N) is 1. The van der Waals surface area contributed by atoms with Gasteiger partial charge in [-0.05, 0) is 61.2 Å². The summed E-state index contributed by atoms with van der Waals surface area (Å²) in [7, 11) is 0. The normalized spacial score (nSPS) is 18.7. The Kier molecular flexibility index (Phi) is 6.88. The highest BCUT2D eigenvalue weighted by atomic mass is 35.5. The van der Waals surface area contributed by atoms with Gasteiger partial charge in [-0.15, -0.1) is 0 Å². The van der Waals surface area contributed by atoms with Gasteiger partial charge in [0.25, 0.3) is 5.91 Å². The van der Waals surface area contributed by atoms with Gasteiger partial charge in [-0.25, -0.2) is 4.39 Å². The lowest BCUT2D eigenvalue weighted by atomic mass is 9.94. The largest absolute Gasteiger partial charge is 0.336 e. The van der Waals surface area contributed by atoms with Crippen molar-refractivity contribution in [3.05, 3.63) is 64.9 Å². The molecule has 2 amide bonds. The van der Waals surface area contributed by atoms with Crippen LogP contribution in [0.3, 0.4) is 0 Å². The Morgan fingerprint density at radius 3 is 2.32 bits per heavy atom. The van der Waals surface area contributed by atoms with Crippen LogP contribution in [0.5, 0.6) is 0 Å². The van der Waals surface area contributed by atoms with Crippen LogP contribution in [0.15, 0.2) is 48.5 Å². The molecule has 0 radical (unpaired) electrons. The van der Waals surface area contributed by atoms with Crippen molar-refractivity contribution in [3.8, 4) is 0 Å². The maximum atomic E-state index is 13.5. The summed E-state index contributed by atoms with van der Waals surface area (Å²) in [5.74, 6) is -0.260. The van der Waals surface area contributed by atoms with Crippen LogP contribution in [0.2, 0.25) is 5.02 Å². The highest BCUT2D eigenvalue weighted by Gasteiger charge is 2.37. The number of hydrogen-bond donors (Lipinski definition) is 1. The maximum Gasteiger partial charge on any atom is 0.254 e. The molecule has 5 nitrogen and oxygen atoms in total. The van der Waals surface area contributed by atoms with E-state index in [1.165, 1.54) is 12.1 Å². The van der Waals surface area contributed by atoms with Gasteiger partial charge in [0.2, 0.25) is 5.91 Å². The van der Waals surface area contributed by atoms with Gasteiger partial charge in [0.15, 0.2) is 0 Å². The highest BCUT2D eigenvalue weighted by Crippen LogP contribution is 2.32. The molecular formula is C24H27ClFN3O2. The summed E-state index contributed by atoms with van der Waals surface area (Å²) < 4.78 is 13.5. The van der Waals surface area contributed by atoms with E-state index in [1.54, 1.807) is 29.2 Å². The topological polar surface area (TPSA) is 52.7 Å². The molecule has 0 unspecified atom stereocenters. The van der Waals surface area contributed by atoms with E-state index in [4.69, 9.17) is 11.6 Å². The fourth-order valence-corrected chi connectivity index (χ4v) is 4.83. The molecule has 2 aromatic rings. The lowest BCUT2D eigenvalue weighted by Crippen LogP contribution is -2.56. The maximum absolute atomic E-state index is 13.5. The van der Waals surface area contributed by atoms with Crippen molar-refractivity contribution in [2.45, 2.75) is 31.7 Å².